The van der Waals surface area contributed by atoms with Crippen LogP contribution in [0.15, 0.2) is 42.5 Å². The van der Waals surface area contributed by atoms with Crippen LogP contribution in [0.25, 0.3) is 0 Å². The Bertz CT molecular complexity index is 572. The van der Waals surface area contributed by atoms with Crippen molar-refractivity contribution in [2.24, 2.45) is 0 Å². The highest BCUT2D eigenvalue weighted by Gasteiger charge is 2.09. The number of rotatable bonds is 6. The normalized spacial score (nSPS) is 10.3. The zero-order valence-corrected chi connectivity index (χ0v) is 11.7. The Labute approximate surface area is 118 Å². The molecule has 4 heteroatoms. The Morgan fingerprint density at radius 3 is 2.45 bits per heavy atom. The van der Waals surface area contributed by atoms with Gasteiger partial charge < -0.3 is 14.8 Å². The van der Waals surface area contributed by atoms with Gasteiger partial charge in [-0.2, -0.15) is 0 Å². The third kappa shape index (κ3) is 3.48. The third-order valence-corrected chi connectivity index (χ3v) is 2.75. The molecule has 0 saturated carbocycles. The number of halogens is 1. The lowest BCUT2D eigenvalue weighted by Gasteiger charge is -2.12. The summed E-state index contributed by atoms with van der Waals surface area (Å²) in [5.41, 5.74) is 0.871. The molecule has 1 N–H and O–H groups in total. The highest BCUT2D eigenvalue weighted by Crippen LogP contribution is 2.32. The first-order valence-electron chi connectivity index (χ1n) is 6.57. The molecule has 0 aliphatic heterocycles. The summed E-state index contributed by atoms with van der Waals surface area (Å²) in [4.78, 5) is 0. The Hall–Kier alpha value is -2.07. The van der Waals surface area contributed by atoms with Gasteiger partial charge in [-0.1, -0.05) is 18.2 Å². The molecule has 0 saturated heterocycles. The van der Waals surface area contributed by atoms with Crippen LogP contribution in [0.1, 0.15) is 12.5 Å². The molecule has 106 valence electrons. The highest BCUT2D eigenvalue weighted by molar-refractivity contribution is 5.43. The first kappa shape index (κ1) is 14.3. The molecule has 2 aromatic rings. The molecule has 0 radical (unpaired) electrons. The maximum absolute atomic E-state index is 14.0. The van der Waals surface area contributed by atoms with Crippen molar-refractivity contribution in [3.05, 3.63) is 53.8 Å². The first-order valence-corrected chi connectivity index (χ1v) is 6.57. The fraction of sp³-hybridized carbons (Fsp3) is 0.250. The number of hydrogen-bond donors (Lipinski definition) is 1. The van der Waals surface area contributed by atoms with Crippen LogP contribution in [-0.4, -0.2) is 13.7 Å². The number of benzene rings is 2. The molecule has 0 heterocycles. The van der Waals surface area contributed by atoms with Gasteiger partial charge in [0.05, 0.1) is 6.61 Å². The van der Waals surface area contributed by atoms with Crippen LogP contribution in [0.4, 0.5) is 4.39 Å². The zero-order valence-electron chi connectivity index (χ0n) is 11.7. The van der Waals surface area contributed by atoms with Crippen molar-refractivity contribution in [1.29, 1.82) is 0 Å². The summed E-state index contributed by atoms with van der Waals surface area (Å²) in [5, 5.41) is 2.98. The summed E-state index contributed by atoms with van der Waals surface area (Å²) in [6, 6.07) is 12.2. The topological polar surface area (TPSA) is 30.5 Å². The minimum atomic E-state index is -0.385. The smallest absolute Gasteiger partial charge is 0.169 e. The summed E-state index contributed by atoms with van der Waals surface area (Å²) in [6.07, 6.45) is 0. The van der Waals surface area contributed by atoms with Gasteiger partial charge in [-0.05, 0) is 43.8 Å². The van der Waals surface area contributed by atoms with Gasteiger partial charge in [0.2, 0.25) is 0 Å². The quantitative estimate of drug-likeness (QED) is 0.871. The standard InChI is InChI=1S/C16H18FNO2/c1-3-19-15-6-4-5-7-16(15)20-14-9-8-12(11-18-2)10-13(14)17/h4-10,18H,3,11H2,1-2H3. The van der Waals surface area contributed by atoms with Crippen molar-refractivity contribution in [3.63, 3.8) is 0 Å². The molecule has 0 aromatic heterocycles. The van der Waals surface area contributed by atoms with Crippen LogP contribution in [0.3, 0.4) is 0 Å². The van der Waals surface area contributed by atoms with Gasteiger partial charge in [-0.15, -0.1) is 0 Å². The average molecular weight is 275 g/mol. The largest absolute Gasteiger partial charge is 0.490 e. The van der Waals surface area contributed by atoms with Gasteiger partial charge in [0.1, 0.15) is 0 Å². The van der Waals surface area contributed by atoms with Crippen molar-refractivity contribution in [2.75, 3.05) is 13.7 Å². The van der Waals surface area contributed by atoms with Crippen molar-refractivity contribution in [2.45, 2.75) is 13.5 Å². The molecular weight excluding hydrogens is 257 g/mol. The van der Waals surface area contributed by atoms with Crippen LogP contribution >= 0.6 is 0 Å². The molecule has 0 spiro atoms. The van der Waals surface area contributed by atoms with Gasteiger partial charge in [0.15, 0.2) is 23.1 Å². The molecule has 20 heavy (non-hydrogen) atoms. The maximum Gasteiger partial charge on any atom is 0.169 e. The molecule has 0 bridgehead atoms. The van der Waals surface area contributed by atoms with E-state index in [-0.39, 0.29) is 11.6 Å². The summed E-state index contributed by atoms with van der Waals surface area (Å²) in [7, 11) is 1.82. The molecule has 2 rings (SSSR count). The molecule has 0 unspecified atom stereocenters. The van der Waals surface area contributed by atoms with Gasteiger partial charge in [-0.3, -0.25) is 0 Å². The van der Waals surface area contributed by atoms with Crippen LogP contribution in [-0.2, 0) is 6.54 Å². The van der Waals surface area contributed by atoms with Crippen LogP contribution in [0.2, 0.25) is 0 Å². The van der Waals surface area contributed by atoms with E-state index < -0.39 is 0 Å². The molecule has 2 aromatic carbocycles. The molecule has 0 amide bonds. The zero-order chi connectivity index (χ0) is 14.4. The minimum absolute atomic E-state index is 0.192. The number of ether oxygens (including phenoxy) is 2. The van der Waals surface area contributed by atoms with Crippen molar-refractivity contribution in [1.82, 2.24) is 5.32 Å². The number of hydrogen-bond acceptors (Lipinski definition) is 3. The lowest BCUT2D eigenvalue weighted by Crippen LogP contribution is -2.05. The monoisotopic (exact) mass is 275 g/mol. The maximum atomic E-state index is 14.0. The van der Waals surface area contributed by atoms with Crippen molar-refractivity contribution >= 4 is 0 Å². The van der Waals surface area contributed by atoms with Gasteiger partial charge in [-0.25, -0.2) is 4.39 Å². The van der Waals surface area contributed by atoms with Crippen molar-refractivity contribution in [3.8, 4) is 17.2 Å². The number of para-hydroxylation sites is 2. The fourth-order valence-corrected chi connectivity index (χ4v) is 1.87. The van der Waals surface area contributed by atoms with E-state index in [0.717, 1.165) is 5.56 Å². The van der Waals surface area contributed by atoms with E-state index >= 15 is 0 Å². The average Bonchev–Trinajstić information content (AvgIpc) is 2.44. The Morgan fingerprint density at radius 1 is 1.05 bits per heavy atom. The van der Waals surface area contributed by atoms with Crippen LogP contribution < -0.4 is 14.8 Å². The molecular formula is C16H18FNO2. The third-order valence-electron chi connectivity index (χ3n) is 2.75. The molecule has 0 aliphatic rings. The van der Waals surface area contributed by atoms with Gasteiger partial charge >= 0.3 is 0 Å². The van der Waals surface area contributed by atoms with E-state index in [0.29, 0.717) is 24.7 Å². The second-order valence-corrected chi connectivity index (χ2v) is 4.28. The Morgan fingerprint density at radius 2 is 1.80 bits per heavy atom. The van der Waals surface area contributed by atoms with E-state index in [4.69, 9.17) is 9.47 Å². The molecule has 0 fully saturated rings. The van der Waals surface area contributed by atoms with E-state index in [9.17, 15) is 4.39 Å². The molecule has 0 atom stereocenters. The van der Waals surface area contributed by atoms with E-state index in [1.807, 2.05) is 32.2 Å². The van der Waals surface area contributed by atoms with Crippen LogP contribution in [0.5, 0.6) is 17.2 Å². The Kier molecular flexibility index (Phi) is 4.96. The van der Waals surface area contributed by atoms with E-state index in [1.54, 1.807) is 18.2 Å². The van der Waals surface area contributed by atoms with E-state index in [2.05, 4.69) is 5.32 Å². The van der Waals surface area contributed by atoms with Gasteiger partial charge in [0, 0.05) is 6.54 Å². The fourth-order valence-electron chi connectivity index (χ4n) is 1.87. The van der Waals surface area contributed by atoms with Gasteiger partial charge in [0.25, 0.3) is 0 Å². The predicted molar refractivity (Wildman–Crippen MR) is 76.8 cm³/mol. The molecule has 3 nitrogen and oxygen atoms in total. The lowest BCUT2D eigenvalue weighted by atomic mass is 10.2. The summed E-state index contributed by atoms with van der Waals surface area (Å²) < 4.78 is 25.0. The second kappa shape index (κ2) is 6.91. The summed E-state index contributed by atoms with van der Waals surface area (Å²) >= 11 is 0. The van der Waals surface area contributed by atoms with E-state index in [1.165, 1.54) is 6.07 Å². The van der Waals surface area contributed by atoms with Crippen LogP contribution in [0, 0.1) is 5.82 Å². The highest BCUT2D eigenvalue weighted by atomic mass is 19.1. The Balaban J connectivity index is 2.21. The lowest BCUT2D eigenvalue weighted by molar-refractivity contribution is 0.318. The SMILES string of the molecule is CCOc1ccccc1Oc1ccc(CNC)cc1F. The number of nitrogens with one attached hydrogen (secondary N) is 1. The minimum Gasteiger partial charge on any atom is -0.490 e. The molecule has 0 aliphatic carbocycles. The van der Waals surface area contributed by atoms with Crippen molar-refractivity contribution < 1.29 is 13.9 Å². The predicted octanol–water partition coefficient (Wildman–Crippen LogP) is 3.74. The summed E-state index contributed by atoms with van der Waals surface area (Å²) in [6.45, 7) is 3.04. The summed E-state index contributed by atoms with van der Waals surface area (Å²) in [5.74, 6) is 0.921. The first-order chi connectivity index (χ1) is 9.74. The second-order valence-electron chi connectivity index (χ2n) is 4.28.